The highest BCUT2D eigenvalue weighted by Crippen LogP contribution is 2.50. The summed E-state index contributed by atoms with van der Waals surface area (Å²) in [7, 11) is 3.28. The van der Waals surface area contributed by atoms with Gasteiger partial charge in [0.1, 0.15) is 11.5 Å². The minimum Gasteiger partial charge on any atom is -0.493 e. The molecule has 3 N–H and O–H groups in total. The summed E-state index contributed by atoms with van der Waals surface area (Å²) in [6.45, 7) is 1.70. The summed E-state index contributed by atoms with van der Waals surface area (Å²) in [4.78, 5) is 14.6. The van der Waals surface area contributed by atoms with E-state index in [1.54, 1.807) is 14.2 Å². The lowest BCUT2D eigenvalue weighted by Crippen LogP contribution is -2.51. The van der Waals surface area contributed by atoms with Gasteiger partial charge in [0.05, 0.1) is 19.6 Å². The molecule has 2 aliphatic heterocycles. The van der Waals surface area contributed by atoms with Gasteiger partial charge < -0.3 is 29.4 Å². The summed E-state index contributed by atoms with van der Waals surface area (Å²) in [5.41, 5.74) is 1.58. The van der Waals surface area contributed by atoms with Crippen molar-refractivity contribution in [3.8, 4) is 23.0 Å². The first-order valence-electron chi connectivity index (χ1n) is 15.9. The lowest BCUT2D eigenvalue weighted by Gasteiger charge is -2.41. The van der Waals surface area contributed by atoms with Gasteiger partial charge in [-0.25, -0.2) is 0 Å². The highest BCUT2D eigenvalue weighted by Gasteiger charge is 2.42. The number of nitrogens with zero attached hydrogens (tertiary/aromatic N) is 1. The van der Waals surface area contributed by atoms with Crippen LogP contribution < -0.4 is 24.2 Å². The van der Waals surface area contributed by atoms with Gasteiger partial charge >= 0.3 is 0 Å². The molecule has 0 spiro atoms. The maximum atomic E-state index is 14.9. The van der Waals surface area contributed by atoms with E-state index in [1.807, 2.05) is 54.6 Å². The van der Waals surface area contributed by atoms with Gasteiger partial charge in [-0.3, -0.25) is 9.52 Å². The largest absolute Gasteiger partial charge is 0.493 e. The Labute approximate surface area is 274 Å². The fourth-order valence-electron chi connectivity index (χ4n) is 6.32. The van der Waals surface area contributed by atoms with Crippen molar-refractivity contribution in [1.29, 1.82) is 0 Å². The number of fused-ring (bicyclic) bond motifs is 2. The molecule has 2 heterocycles. The van der Waals surface area contributed by atoms with Crippen LogP contribution in [0.15, 0.2) is 71.6 Å². The number of aliphatic hydroxyl groups is 1. The molecule has 46 heavy (non-hydrogen) atoms. The summed E-state index contributed by atoms with van der Waals surface area (Å²) in [6, 6.07) is 21.3. The molecule has 1 fully saturated rings. The van der Waals surface area contributed by atoms with Crippen molar-refractivity contribution in [3.05, 3.63) is 77.9 Å². The minimum atomic E-state index is -0.524. The number of hydrogen-bond acceptors (Lipinski definition) is 9. The summed E-state index contributed by atoms with van der Waals surface area (Å²) in [5, 5.41) is 13.0. The van der Waals surface area contributed by atoms with Crippen LogP contribution in [0.1, 0.15) is 43.2 Å². The molecule has 3 aromatic rings. The average Bonchev–Trinajstić information content (AvgIpc) is 3.08. The van der Waals surface area contributed by atoms with Crippen molar-refractivity contribution < 1.29 is 33.3 Å². The van der Waals surface area contributed by atoms with E-state index in [-0.39, 0.29) is 31.6 Å². The maximum absolute atomic E-state index is 14.9. The standard InChI is InChI=1S/C35H44FN3O6S/c1-42-18-8-7-16-35(28-10-3-5-12-30(28)45-31-13-6-4-11-29(31)35)24-37-34(41)25-20-26(23-39(36)22-25)38-46-27-14-15-32(33(21-27)43-2)44-19-9-17-40/h3-6,10-15,21,25-26,38,40H,7-9,16-20,22-24H2,1-2H3,(H,37,41). The first-order chi connectivity index (χ1) is 22.5. The molecule has 3 aromatic carbocycles. The van der Waals surface area contributed by atoms with Crippen LogP contribution in [0.3, 0.4) is 0 Å². The Kier molecular flexibility index (Phi) is 12.2. The van der Waals surface area contributed by atoms with Gasteiger partial charge in [-0.2, -0.15) is 0 Å². The number of methoxy groups -OCH3 is 2. The quantitative estimate of drug-likeness (QED) is 0.103. The second kappa shape index (κ2) is 16.5. The SMILES string of the molecule is COCCCCC1(CNC(=O)C2CC(NSc3ccc(OCCCO)c(OC)c3)CN(F)C2)c2ccccc2Oc2ccccc21. The number of benzene rings is 3. The van der Waals surface area contributed by atoms with Crippen LogP contribution in [0, 0.1) is 5.92 Å². The monoisotopic (exact) mass is 653 g/mol. The van der Waals surface area contributed by atoms with Crippen LogP contribution in [0.4, 0.5) is 4.48 Å². The number of carbonyl (C=O) groups is 1. The number of amides is 1. The number of rotatable bonds is 16. The van der Waals surface area contributed by atoms with Crippen molar-refractivity contribution >= 4 is 17.9 Å². The number of ether oxygens (including phenoxy) is 4. The highest BCUT2D eigenvalue weighted by molar-refractivity contribution is 7.97. The zero-order valence-electron chi connectivity index (χ0n) is 26.5. The van der Waals surface area contributed by atoms with E-state index in [4.69, 9.17) is 24.1 Å². The number of para-hydroxylation sites is 2. The first-order valence-corrected chi connectivity index (χ1v) is 16.7. The van der Waals surface area contributed by atoms with Gasteiger partial charge in [-0.05, 0) is 68.0 Å². The molecule has 248 valence electrons. The molecule has 2 atom stereocenters. The molecule has 2 aliphatic rings. The third-order valence-electron chi connectivity index (χ3n) is 8.61. The van der Waals surface area contributed by atoms with E-state index >= 15 is 0 Å². The van der Waals surface area contributed by atoms with Gasteiger partial charge in [0.15, 0.2) is 11.5 Å². The van der Waals surface area contributed by atoms with Gasteiger partial charge in [-0.15, -0.1) is 9.60 Å². The van der Waals surface area contributed by atoms with Crippen molar-refractivity contribution in [1.82, 2.24) is 15.2 Å². The van der Waals surface area contributed by atoms with Gasteiger partial charge in [0.25, 0.3) is 0 Å². The number of piperidine rings is 1. The third-order valence-corrected chi connectivity index (χ3v) is 9.55. The van der Waals surface area contributed by atoms with Crippen molar-refractivity contribution in [3.63, 3.8) is 0 Å². The molecule has 1 saturated heterocycles. The predicted octanol–water partition coefficient (Wildman–Crippen LogP) is 5.65. The van der Waals surface area contributed by atoms with Gasteiger partial charge in [0.2, 0.25) is 5.91 Å². The Morgan fingerprint density at radius 2 is 1.74 bits per heavy atom. The van der Waals surface area contributed by atoms with Gasteiger partial charge in [0, 0.05) is 73.9 Å². The third kappa shape index (κ3) is 8.13. The van der Waals surface area contributed by atoms with Gasteiger partial charge in [-0.1, -0.05) is 36.4 Å². The number of aliphatic hydroxyl groups excluding tert-OH is 1. The fourth-order valence-corrected chi connectivity index (χ4v) is 7.09. The molecule has 2 unspecified atom stereocenters. The number of nitrogens with one attached hydrogen (secondary N) is 2. The Morgan fingerprint density at radius 1 is 1.00 bits per heavy atom. The Morgan fingerprint density at radius 3 is 2.43 bits per heavy atom. The molecule has 1 amide bonds. The Bertz CT molecular complexity index is 1400. The molecule has 9 nitrogen and oxygen atoms in total. The Hall–Kier alpha value is -3.35. The zero-order chi connectivity index (χ0) is 32.4. The highest BCUT2D eigenvalue weighted by atomic mass is 32.2. The van der Waals surface area contributed by atoms with E-state index in [1.165, 1.54) is 11.9 Å². The smallest absolute Gasteiger partial charge is 0.224 e. The fraction of sp³-hybridized carbons (Fsp3) is 0.457. The van der Waals surface area contributed by atoms with Crippen molar-refractivity contribution in [2.75, 3.05) is 53.7 Å². The average molecular weight is 654 g/mol. The number of hydrogen-bond donors (Lipinski definition) is 3. The normalized spacial score (nSPS) is 18.6. The molecule has 11 heteroatoms. The van der Waals surface area contributed by atoms with E-state index in [0.29, 0.717) is 44.1 Å². The van der Waals surface area contributed by atoms with Crippen LogP contribution in [-0.2, 0) is 14.9 Å². The van der Waals surface area contributed by atoms with Crippen LogP contribution >= 0.6 is 11.9 Å². The summed E-state index contributed by atoms with van der Waals surface area (Å²) in [5.74, 6) is 2.06. The van der Waals surface area contributed by atoms with Crippen molar-refractivity contribution in [2.24, 2.45) is 5.92 Å². The summed E-state index contributed by atoms with van der Waals surface area (Å²) >= 11 is 1.37. The topological polar surface area (TPSA) is 102 Å². The van der Waals surface area contributed by atoms with Crippen LogP contribution in [-0.4, -0.2) is 75.9 Å². The molecule has 0 aliphatic carbocycles. The van der Waals surface area contributed by atoms with Crippen LogP contribution in [0.5, 0.6) is 23.0 Å². The van der Waals surface area contributed by atoms with E-state index in [2.05, 4.69) is 22.2 Å². The second-order valence-corrected chi connectivity index (χ2v) is 12.7. The molecule has 5 rings (SSSR count). The predicted molar refractivity (Wildman–Crippen MR) is 176 cm³/mol. The van der Waals surface area contributed by atoms with Crippen LogP contribution in [0.25, 0.3) is 0 Å². The Balaban J connectivity index is 1.26. The molecular formula is C35H44FN3O6S. The maximum Gasteiger partial charge on any atom is 0.224 e. The minimum absolute atomic E-state index is 0.0412. The van der Waals surface area contributed by atoms with Crippen LogP contribution in [0.2, 0.25) is 0 Å². The summed E-state index contributed by atoms with van der Waals surface area (Å²) in [6.07, 6.45) is 3.62. The molecule has 0 saturated carbocycles. The number of halogens is 1. The second-order valence-electron chi connectivity index (χ2n) is 11.8. The lowest BCUT2D eigenvalue weighted by atomic mass is 9.69. The van der Waals surface area contributed by atoms with E-state index < -0.39 is 11.3 Å². The number of unbranched alkanes of at least 4 members (excludes halogenated alkanes) is 1. The number of carbonyl (C=O) groups excluding carboxylic acids is 1. The van der Waals surface area contributed by atoms with E-state index in [0.717, 1.165) is 51.9 Å². The van der Waals surface area contributed by atoms with Crippen molar-refractivity contribution in [2.45, 2.75) is 48.5 Å². The molecular weight excluding hydrogens is 609 g/mol. The molecule has 0 bridgehead atoms. The molecule has 0 aromatic heterocycles. The zero-order valence-corrected chi connectivity index (χ0v) is 27.3. The van der Waals surface area contributed by atoms with E-state index in [9.17, 15) is 9.28 Å². The summed E-state index contributed by atoms with van der Waals surface area (Å²) < 4.78 is 41.0. The molecule has 0 radical (unpaired) electrons. The first kappa shape index (κ1) is 34.0. The lowest BCUT2D eigenvalue weighted by molar-refractivity contribution is -0.130.